The molecule has 1 N–H and O–H groups in total. The minimum atomic E-state index is -3.87. The topological polar surface area (TPSA) is 75.7 Å². The molecule has 0 aliphatic rings. The second-order valence-corrected chi connectivity index (χ2v) is 7.57. The lowest BCUT2D eigenvalue weighted by Crippen LogP contribution is -2.33. The number of nitrogens with one attached hydrogen (secondary N) is 1. The number of carbonyl (C=O) groups is 1. The van der Waals surface area contributed by atoms with E-state index in [9.17, 15) is 22.0 Å². The summed E-state index contributed by atoms with van der Waals surface area (Å²) in [5, 5.41) is 2.64. The first-order valence-corrected chi connectivity index (χ1v) is 10.0. The van der Waals surface area contributed by atoms with Crippen molar-refractivity contribution in [2.24, 2.45) is 0 Å². The predicted octanol–water partition coefficient (Wildman–Crippen LogP) is 3.16. The highest BCUT2D eigenvalue weighted by Gasteiger charge is 2.22. The van der Waals surface area contributed by atoms with Crippen molar-refractivity contribution in [3.8, 4) is 5.75 Å². The molecule has 1 amide bonds. The number of hydrogen-bond donors (Lipinski definition) is 1. The molecule has 9 heteroatoms. The Kier molecular flexibility index (Phi) is 6.73. The van der Waals surface area contributed by atoms with Crippen LogP contribution >= 0.6 is 0 Å². The van der Waals surface area contributed by atoms with Crippen molar-refractivity contribution in [2.75, 3.05) is 29.0 Å². The van der Waals surface area contributed by atoms with E-state index in [0.717, 1.165) is 22.7 Å². The van der Waals surface area contributed by atoms with E-state index in [1.165, 1.54) is 0 Å². The summed E-state index contributed by atoms with van der Waals surface area (Å²) >= 11 is 0. The normalized spacial score (nSPS) is 11.1. The second-order valence-electron chi connectivity index (χ2n) is 5.66. The Morgan fingerprint density at radius 2 is 1.89 bits per heavy atom. The molecular formula is C18H20F2N2O4S. The highest BCUT2D eigenvalue weighted by molar-refractivity contribution is 7.92. The van der Waals surface area contributed by atoms with E-state index in [0.29, 0.717) is 24.1 Å². The van der Waals surface area contributed by atoms with Crippen LogP contribution in [-0.4, -0.2) is 33.7 Å². The molecule has 0 unspecified atom stereocenters. The Morgan fingerprint density at radius 3 is 2.52 bits per heavy atom. The zero-order valence-corrected chi connectivity index (χ0v) is 15.7. The third-order valence-corrected chi connectivity index (χ3v) is 4.76. The summed E-state index contributed by atoms with van der Waals surface area (Å²) < 4.78 is 57.2. The van der Waals surface area contributed by atoms with Gasteiger partial charge < -0.3 is 10.1 Å². The van der Waals surface area contributed by atoms with Crippen molar-refractivity contribution in [1.82, 2.24) is 0 Å². The van der Waals surface area contributed by atoms with Crippen LogP contribution in [0.25, 0.3) is 0 Å². The first kappa shape index (κ1) is 20.6. The molecule has 2 rings (SSSR count). The van der Waals surface area contributed by atoms with Crippen LogP contribution in [0.1, 0.15) is 13.3 Å². The molecule has 2 aromatic carbocycles. The number of amides is 1. The lowest BCUT2D eigenvalue weighted by atomic mass is 10.2. The molecule has 2 aromatic rings. The van der Waals surface area contributed by atoms with Crippen LogP contribution < -0.4 is 14.4 Å². The molecule has 0 spiro atoms. The van der Waals surface area contributed by atoms with E-state index in [1.54, 1.807) is 31.2 Å². The van der Waals surface area contributed by atoms with Crippen LogP contribution in [0.5, 0.6) is 5.75 Å². The van der Waals surface area contributed by atoms with Crippen molar-refractivity contribution in [3.05, 3.63) is 54.1 Å². The number of nitrogens with zero attached hydrogens (tertiary/aromatic N) is 1. The first-order valence-electron chi connectivity index (χ1n) is 8.16. The van der Waals surface area contributed by atoms with Gasteiger partial charge in [0.05, 0.1) is 24.2 Å². The van der Waals surface area contributed by atoms with Gasteiger partial charge in [0.15, 0.2) is 0 Å². The van der Waals surface area contributed by atoms with E-state index in [2.05, 4.69) is 5.32 Å². The van der Waals surface area contributed by atoms with Crippen LogP contribution in [0, 0.1) is 11.6 Å². The predicted molar refractivity (Wildman–Crippen MR) is 99.4 cm³/mol. The number of para-hydroxylation sites is 2. The number of carbonyl (C=O) groups excluding carboxylic acids is 1. The fourth-order valence-corrected chi connectivity index (χ4v) is 3.34. The molecule has 0 aliphatic carbocycles. The Labute approximate surface area is 156 Å². The number of benzene rings is 2. The van der Waals surface area contributed by atoms with Gasteiger partial charge in [-0.3, -0.25) is 9.10 Å². The third kappa shape index (κ3) is 5.65. The Hall–Kier alpha value is -2.68. The van der Waals surface area contributed by atoms with Crippen molar-refractivity contribution in [1.29, 1.82) is 0 Å². The summed E-state index contributed by atoms with van der Waals surface area (Å²) in [4.78, 5) is 12.2. The molecular weight excluding hydrogens is 378 g/mol. The zero-order chi connectivity index (χ0) is 20.0. The quantitative estimate of drug-likeness (QED) is 0.741. The summed E-state index contributed by atoms with van der Waals surface area (Å²) in [7, 11) is -3.87. The lowest BCUT2D eigenvalue weighted by Gasteiger charge is -2.22. The van der Waals surface area contributed by atoms with E-state index < -0.39 is 27.6 Å². The van der Waals surface area contributed by atoms with Gasteiger partial charge in [-0.05, 0) is 31.2 Å². The summed E-state index contributed by atoms with van der Waals surface area (Å²) in [6.07, 6.45) is 0.655. The maximum Gasteiger partial charge on any atom is 0.232 e. The average Bonchev–Trinajstić information content (AvgIpc) is 2.57. The Bertz CT molecular complexity index is 919. The minimum absolute atomic E-state index is 0.232. The standard InChI is InChI=1S/C18H20F2N2O4S/c1-3-26-17-7-5-4-6-15(17)21-18(23)10-11-22(27(2,24)25)16-9-8-13(19)12-14(16)20/h4-9,12H,3,10-11H2,1-2H3,(H,21,23). The van der Waals surface area contributed by atoms with Crippen LogP contribution in [0.2, 0.25) is 0 Å². The van der Waals surface area contributed by atoms with Gasteiger partial charge in [0.1, 0.15) is 17.4 Å². The summed E-state index contributed by atoms with van der Waals surface area (Å²) in [5.74, 6) is -1.84. The Balaban J connectivity index is 2.13. The SMILES string of the molecule is CCOc1ccccc1NC(=O)CCN(c1ccc(F)cc1F)S(C)(=O)=O. The van der Waals surface area contributed by atoms with Gasteiger partial charge in [-0.2, -0.15) is 0 Å². The monoisotopic (exact) mass is 398 g/mol. The molecule has 0 atom stereocenters. The van der Waals surface area contributed by atoms with E-state index in [1.807, 2.05) is 0 Å². The lowest BCUT2D eigenvalue weighted by molar-refractivity contribution is -0.116. The number of hydrogen-bond acceptors (Lipinski definition) is 4. The summed E-state index contributed by atoms with van der Waals surface area (Å²) in [6, 6.07) is 9.37. The van der Waals surface area contributed by atoms with Crippen LogP contribution in [0.15, 0.2) is 42.5 Å². The van der Waals surface area contributed by atoms with Crippen LogP contribution in [0.4, 0.5) is 20.2 Å². The fourth-order valence-electron chi connectivity index (χ4n) is 2.42. The average molecular weight is 398 g/mol. The van der Waals surface area contributed by atoms with Crippen molar-refractivity contribution < 1.29 is 26.7 Å². The van der Waals surface area contributed by atoms with Crippen LogP contribution in [-0.2, 0) is 14.8 Å². The number of sulfonamides is 1. The van der Waals surface area contributed by atoms with E-state index in [-0.39, 0.29) is 18.7 Å². The van der Waals surface area contributed by atoms with Crippen molar-refractivity contribution >= 4 is 27.3 Å². The van der Waals surface area contributed by atoms with Gasteiger partial charge in [0.25, 0.3) is 0 Å². The molecule has 0 fully saturated rings. The van der Waals surface area contributed by atoms with Crippen molar-refractivity contribution in [2.45, 2.75) is 13.3 Å². The molecule has 0 radical (unpaired) electrons. The van der Waals surface area contributed by atoms with Gasteiger partial charge in [-0.15, -0.1) is 0 Å². The van der Waals surface area contributed by atoms with Gasteiger partial charge >= 0.3 is 0 Å². The zero-order valence-electron chi connectivity index (χ0n) is 14.9. The number of anilines is 2. The number of halogens is 2. The Morgan fingerprint density at radius 1 is 1.19 bits per heavy atom. The van der Waals surface area contributed by atoms with Gasteiger partial charge in [0, 0.05) is 19.0 Å². The molecule has 6 nitrogen and oxygen atoms in total. The summed E-state index contributed by atoms with van der Waals surface area (Å²) in [5.41, 5.74) is 0.129. The molecule has 0 aliphatic heterocycles. The van der Waals surface area contributed by atoms with E-state index in [4.69, 9.17) is 4.74 Å². The molecule has 0 bridgehead atoms. The third-order valence-electron chi connectivity index (χ3n) is 3.58. The smallest absolute Gasteiger partial charge is 0.232 e. The minimum Gasteiger partial charge on any atom is -0.492 e. The fraction of sp³-hybridized carbons (Fsp3) is 0.278. The molecule has 0 aromatic heterocycles. The van der Waals surface area contributed by atoms with Gasteiger partial charge in [-0.1, -0.05) is 12.1 Å². The summed E-state index contributed by atoms with van der Waals surface area (Å²) in [6.45, 7) is 1.92. The van der Waals surface area contributed by atoms with Gasteiger partial charge in [-0.25, -0.2) is 17.2 Å². The highest BCUT2D eigenvalue weighted by Crippen LogP contribution is 2.25. The second kappa shape index (κ2) is 8.81. The highest BCUT2D eigenvalue weighted by atomic mass is 32.2. The van der Waals surface area contributed by atoms with Gasteiger partial charge in [0.2, 0.25) is 15.9 Å². The first-order chi connectivity index (χ1) is 12.7. The van der Waals surface area contributed by atoms with E-state index >= 15 is 0 Å². The number of ether oxygens (including phenoxy) is 1. The number of rotatable bonds is 8. The molecule has 27 heavy (non-hydrogen) atoms. The molecule has 0 saturated heterocycles. The van der Waals surface area contributed by atoms with Crippen LogP contribution in [0.3, 0.4) is 0 Å². The van der Waals surface area contributed by atoms with Crippen molar-refractivity contribution in [3.63, 3.8) is 0 Å². The maximum atomic E-state index is 14.0. The molecule has 0 heterocycles. The molecule has 146 valence electrons. The largest absolute Gasteiger partial charge is 0.492 e. The molecule has 0 saturated carbocycles. The maximum absolute atomic E-state index is 14.0.